The van der Waals surface area contributed by atoms with Crippen LogP contribution in [0.3, 0.4) is 0 Å². The van der Waals surface area contributed by atoms with E-state index in [0.717, 1.165) is 0 Å². The van der Waals surface area contributed by atoms with Crippen molar-refractivity contribution in [1.29, 1.82) is 0 Å². The number of hydrogen-bond donors (Lipinski definition) is 1. The monoisotopic (exact) mass is 300 g/mol. The Morgan fingerprint density at radius 3 is 2.62 bits per heavy atom. The number of nitrogens with two attached hydrogens (primary N) is 1. The van der Waals surface area contributed by atoms with E-state index >= 15 is 0 Å². The summed E-state index contributed by atoms with van der Waals surface area (Å²) < 4.78 is 14.3. The number of aromatic nitrogens is 1. The molecular formula is C11H7BrClFN2. The van der Waals surface area contributed by atoms with Gasteiger partial charge in [0, 0.05) is 10.0 Å². The maximum atomic E-state index is 13.8. The van der Waals surface area contributed by atoms with Crippen LogP contribution in [0.15, 0.2) is 34.9 Å². The van der Waals surface area contributed by atoms with Crippen LogP contribution in [0, 0.1) is 5.82 Å². The molecule has 1 heterocycles. The molecule has 0 amide bonds. The van der Waals surface area contributed by atoms with Crippen LogP contribution < -0.4 is 5.73 Å². The summed E-state index contributed by atoms with van der Waals surface area (Å²) in [7, 11) is 0. The molecule has 0 atom stereocenters. The summed E-state index contributed by atoms with van der Waals surface area (Å²) in [6, 6.07) is 6.61. The molecule has 0 saturated heterocycles. The van der Waals surface area contributed by atoms with Gasteiger partial charge in [-0.05, 0) is 40.2 Å². The quantitative estimate of drug-likeness (QED) is 0.812. The number of pyridine rings is 1. The first-order chi connectivity index (χ1) is 7.59. The molecule has 82 valence electrons. The van der Waals surface area contributed by atoms with Gasteiger partial charge in [0.05, 0.1) is 22.6 Å². The van der Waals surface area contributed by atoms with Crippen molar-refractivity contribution in [2.45, 2.75) is 0 Å². The van der Waals surface area contributed by atoms with E-state index in [9.17, 15) is 4.39 Å². The lowest BCUT2D eigenvalue weighted by Crippen LogP contribution is -1.91. The minimum Gasteiger partial charge on any atom is -0.397 e. The Hall–Kier alpha value is -1.13. The average molecular weight is 302 g/mol. The first kappa shape index (κ1) is 11.4. The molecule has 0 aliphatic carbocycles. The van der Waals surface area contributed by atoms with Gasteiger partial charge in [0.2, 0.25) is 0 Å². The zero-order valence-electron chi connectivity index (χ0n) is 8.05. The summed E-state index contributed by atoms with van der Waals surface area (Å²) in [5.74, 6) is -0.492. The molecule has 0 bridgehead atoms. The molecule has 2 aromatic rings. The standard InChI is InChI=1S/C11H7BrClFN2/c12-8-3-2-7(11(14)10(8)13)9-4-1-6(15)5-16-9/h1-5H,15H2. The second-order valence-corrected chi connectivity index (χ2v) is 4.43. The van der Waals surface area contributed by atoms with Crippen LogP contribution in [0.1, 0.15) is 0 Å². The van der Waals surface area contributed by atoms with E-state index in [0.29, 0.717) is 21.4 Å². The summed E-state index contributed by atoms with van der Waals surface area (Å²) in [6.07, 6.45) is 1.48. The molecule has 2 nitrogen and oxygen atoms in total. The van der Waals surface area contributed by atoms with Gasteiger partial charge in [0.15, 0.2) is 5.82 Å². The van der Waals surface area contributed by atoms with E-state index < -0.39 is 5.82 Å². The van der Waals surface area contributed by atoms with Crippen molar-refractivity contribution in [2.24, 2.45) is 0 Å². The highest BCUT2D eigenvalue weighted by atomic mass is 79.9. The summed E-state index contributed by atoms with van der Waals surface area (Å²) in [6.45, 7) is 0. The minimum atomic E-state index is -0.492. The predicted octanol–water partition coefficient (Wildman–Crippen LogP) is 3.89. The van der Waals surface area contributed by atoms with Gasteiger partial charge in [-0.15, -0.1) is 0 Å². The molecule has 5 heteroatoms. The highest BCUT2D eigenvalue weighted by molar-refractivity contribution is 9.10. The van der Waals surface area contributed by atoms with Gasteiger partial charge in [-0.3, -0.25) is 4.98 Å². The lowest BCUT2D eigenvalue weighted by atomic mass is 10.1. The normalized spacial score (nSPS) is 10.4. The molecule has 2 rings (SSSR count). The zero-order valence-corrected chi connectivity index (χ0v) is 10.4. The smallest absolute Gasteiger partial charge is 0.152 e. The maximum absolute atomic E-state index is 13.8. The van der Waals surface area contributed by atoms with Gasteiger partial charge in [-0.1, -0.05) is 11.6 Å². The van der Waals surface area contributed by atoms with Crippen molar-refractivity contribution in [1.82, 2.24) is 4.98 Å². The third kappa shape index (κ3) is 2.03. The molecule has 0 radical (unpaired) electrons. The average Bonchev–Trinajstić information content (AvgIpc) is 2.28. The predicted molar refractivity (Wildman–Crippen MR) is 66.8 cm³/mol. The topological polar surface area (TPSA) is 38.9 Å². The highest BCUT2D eigenvalue weighted by Crippen LogP contribution is 2.32. The molecule has 0 aliphatic rings. The van der Waals surface area contributed by atoms with Crippen LogP contribution in [0.4, 0.5) is 10.1 Å². The van der Waals surface area contributed by atoms with Crippen molar-refractivity contribution in [3.63, 3.8) is 0 Å². The minimum absolute atomic E-state index is 0.0520. The van der Waals surface area contributed by atoms with Gasteiger partial charge in [0.1, 0.15) is 0 Å². The third-order valence-corrected chi connectivity index (χ3v) is 3.36. The number of benzene rings is 1. The van der Waals surface area contributed by atoms with Gasteiger partial charge >= 0.3 is 0 Å². The number of halogens is 3. The van der Waals surface area contributed by atoms with Crippen molar-refractivity contribution in [3.05, 3.63) is 45.8 Å². The van der Waals surface area contributed by atoms with Crippen LogP contribution >= 0.6 is 27.5 Å². The van der Waals surface area contributed by atoms with Crippen molar-refractivity contribution in [2.75, 3.05) is 5.73 Å². The molecule has 1 aromatic carbocycles. The molecule has 0 fully saturated rings. The summed E-state index contributed by atoms with van der Waals surface area (Å²) >= 11 is 8.94. The largest absolute Gasteiger partial charge is 0.397 e. The van der Waals surface area contributed by atoms with E-state index in [-0.39, 0.29) is 5.02 Å². The van der Waals surface area contributed by atoms with Gasteiger partial charge in [0.25, 0.3) is 0 Å². The second-order valence-electron chi connectivity index (χ2n) is 3.20. The van der Waals surface area contributed by atoms with Crippen LogP contribution in [0.5, 0.6) is 0 Å². The lowest BCUT2D eigenvalue weighted by Gasteiger charge is -2.05. The Balaban J connectivity index is 2.57. The first-order valence-electron chi connectivity index (χ1n) is 4.45. The summed E-state index contributed by atoms with van der Waals surface area (Å²) in [5, 5.41) is 0.0520. The van der Waals surface area contributed by atoms with Gasteiger partial charge in [-0.2, -0.15) is 0 Å². The van der Waals surface area contributed by atoms with E-state index in [1.165, 1.54) is 6.20 Å². The molecule has 1 aromatic heterocycles. The lowest BCUT2D eigenvalue weighted by molar-refractivity contribution is 0.630. The first-order valence-corrected chi connectivity index (χ1v) is 5.62. The third-order valence-electron chi connectivity index (χ3n) is 2.10. The zero-order chi connectivity index (χ0) is 11.7. The van der Waals surface area contributed by atoms with Crippen molar-refractivity contribution >= 4 is 33.2 Å². The maximum Gasteiger partial charge on any atom is 0.152 e. The molecular weight excluding hydrogens is 294 g/mol. The van der Waals surface area contributed by atoms with Crippen molar-refractivity contribution in [3.8, 4) is 11.3 Å². The van der Waals surface area contributed by atoms with E-state index in [4.69, 9.17) is 17.3 Å². The Kier molecular flexibility index (Phi) is 3.12. The number of anilines is 1. The van der Waals surface area contributed by atoms with Gasteiger partial charge < -0.3 is 5.73 Å². The van der Waals surface area contributed by atoms with Crippen LogP contribution in [0.2, 0.25) is 5.02 Å². The Labute approximate surface area is 105 Å². The number of nitrogen functional groups attached to an aromatic ring is 1. The molecule has 0 saturated carbocycles. The molecule has 2 N–H and O–H groups in total. The Morgan fingerprint density at radius 2 is 2.00 bits per heavy atom. The SMILES string of the molecule is Nc1ccc(-c2ccc(Br)c(Cl)c2F)nc1. The van der Waals surface area contributed by atoms with E-state index in [1.54, 1.807) is 24.3 Å². The van der Waals surface area contributed by atoms with Crippen LogP contribution in [-0.2, 0) is 0 Å². The summed E-state index contributed by atoms with van der Waals surface area (Å²) in [4.78, 5) is 4.04. The number of nitrogens with zero attached hydrogens (tertiary/aromatic N) is 1. The number of rotatable bonds is 1. The van der Waals surface area contributed by atoms with E-state index in [2.05, 4.69) is 20.9 Å². The highest BCUT2D eigenvalue weighted by Gasteiger charge is 2.12. The van der Waals surface area contributed by atoms with Crippen LogP contribution in [-0.4, -0.2) is 4.98 Å². The van der Waals surface area contributed by atoms with Crippen molar-refractivity contribution < 1.29 is 4.39 Å². The van der Waals surface area contributed by atoms with Gasteiger partial charge in [-0.25, -0.2) is 4.39 Å². The Morgan fingerprint density at radius 1 is 1.25 bits per heavy atom. The fraction of sp³-hybridized carbons (Fsp3) is 0. The fourth-order valence-electron chi connectivity index (χ4n) is 1.29. The molecule has 0 aliphatic heterocycles. The second kappa shape index (κ2) is 4.39. The fourth-order valence-corrected chi connectivity index (χ4v) is 1.76. The molecule has 0 unspecified atom stereocenters. The Bertz CT molecular complexity index is 528. The molecule has 16 heavy (non-hydrogen) atoms. The van der Waals surface area contributed by atoms with Crippen LogP contribution in [0.25, 0.3) is 11.3 Å². The molecule has 0 spiro atoms. The summed E-state index contributed by atoms with van der Waals surface area (Å²) in [5.41, 5.74) is 6.90. The van der Waals surface area contributed by atoms with E-state index in [1.807, 2.05) is 0 Å². The number of hydrogen-bond acceptors (Lipinski definition) is 2.